The van der Waals surface area contributed by atoms with Crippen LogP contribution in [0.15, 0.2) is 24.3 Å². The Bertz CT molecular complexity index is 392. The number of carbonyl (C=O) groups excluding carboxylic acids is 1. The van der Waals surface area contributed by atoms with Gasteiger partial charge in [0, 0.05) is 25.7 Å². The van der Waals surface area contributed by atoms with Crippen molar-refractivity contribution in [1.82, 2.24) is 10.2 Å². The molecule has 2 rings (SSSR count). The number of piperazine rings is 1. The van der Waals surface area contributed by atoms with Crippen LogP contribution in [0, 0.1) is 0 Å². The van der Waals surface area contributed by atoms with Crippen LogP contribution < -0.4 is 5.32 Å². The van der Waals surface area contributed by atoms with Crippen molar-refractivity contribution in [3.63, 3.8) is 0 Å². The Labute approximate surface area is 94.9 Å². The van der Waals surface area contributed by atoms with Crippen molar-refractivity contribution in [2.45, 2.75) is 13.0 Å². The second kappa shape index (κ2) is 4.53. The van der Waals surface area contributed by atoms with E-state index in [-0.39, 0.29) is 11.7 Å². The molecule has 16 heavy (non-hydrogen) atoms. The molecular formula is C12H16N2O2. The Morgan fingerprint density at radius 1 is 1.50 bits per heavy atom. The number of phenolic OH excluding ortho intramolecular Hbond substituents is 1. The van der Waals surface area contributed by atoms with Gasteiger partial charge in [0.1, 0.15) is 5.75 Å². The Hall–Kier alpha value is -1.55. The van der Waals surface area contributed by atoms with Gasteiger partial charge in [-0.3, -0.25) is 4.79 Å². The SMILES string of the molecule is C[C@H]1CN(C(=O)c2ccccc2O)CCN1. The summed E-state index contributed by atoms with van der Waals surface area (Å²) in [4.78, 5) is 13.9. The summed E-state index contributed by atoms with van der Waals surface area (Å²) in [6.07, 6.45) is 0. The number of nitrogens with zero attached hydrogens (tertiary/aromatic N) is 1. The first-order valence-corrected chi connectivity index (χ1v) is 5.49. The zero-order valence-electron chi connectivity index (χ0n) is 9.31. The van der Waals surface area contributed by atoms with Gasteiger partial charge in [0.15, 0.2) is 0 Å². The van der Waals surface area contributed by atoms with E-state index in [1.54, 1.807) is 29.2 Å². The normalized spacial score (nSPS) is 20.8. The minimum Gasteiger partial charge on any atom is -0.507 e. The van der Waals surface area contributed by atoms with E-state index in [9.17, 15) is 9.90 Å². The molecule has 0 aromatic heterocycles. The standard InChI is InChI=1S/C12H16N2O2/c1-9-8-14(7-6-13-9)12(16)10-4-2-3-5-11(10)15/h2-5,9,13,15H,6-8H2,1H3/t9-/m0/s1. The van der Waals surface area contributed by atoms with Gasteiger partial charge in [0.05, 0.1) is 5.56 Å². The number of para-hydroxylation sites is 1. The van der Waals surface area contributed by atoms with E-state index < -0.39 is 0 Å². The fourth-order valence-electron chi connectivity index (χ4n) is 1.94. The summed E-state index contributed by atoms with van der Waals surface area (Å²) >= 11 is 0. The van der Waals surface area contributed by atoms with Gasteiger partial charge in [-0.2, -0.15) is 0 Å². The zero-order valence-corrected chi connectivity index (χ0v) is 9.31. The average molecular weight is 220 g/mol. The molecule has 0 saturated carbocycles. The fourth-order valence-corrected chi connectivity index (χ4v) is 1.94. The topological polar surface area (TPSA) is 52.6 Å². The number of hydrogen-bond donors (Lipinski definition) is 2. The fraction of sp³-hybridized carbons (Fsp3) is 0.417. The first-order valence-electron chi connectivity index (χ1n) is 5.49. The summed E-state index contributed by atoms with van der Waals surface area (Å²) in [7, 11) is 0. The third-order valence-corrected chi connectivity index (χ3v) is 2.79. The summed E-state index contributed by atoms with van der Waals surface area (Å²) < 4.78 is 0. The molecule has 0 spiro atoms. The molecular weight excluding hydrogens is 204 g/mol. The van der Waals surface area contributed by atoms with Crippen molar-refractivity contribution < 1.29 is 9.90 Å². The van der Waals surface area contributed by atoms with Crippen molar-refractivity contribution in [3.8, 4) is 5.75 Å². The molecule has 1 fully saturated rings. The van der Waals surface area contributed by atoms with E-state index in [1.807, 2.05) is 6.92 Å². The number of nitrogens with one attached hydrogen (secondary N) is 1. The first-order chi connectivity index (χ1) is 7.68. The highest BCUT2D eigenvalue weighted by Gasteiger charge is 2.22. The molecule has 1 amide bonds. The van der Waals surface area contributed by atoms with E-state index >= 15 is 0 Å². The Kier molecular flexibility index (Phi) is 3.10. The molecule has 86 valence electrons. The smallest absolute Gasteiger partial charge is 0.257 e. The van der Waals surface area contributed by atoms with E-state index in [1.165, 1.54) is 0 Å². The predicted octanol–water partition coefficient (Wildman–Crippen LogP) is 0.826. The number of benzene rings is 1. The van der Waals surface area contributed by atoms with E-state index in [0.29, 0.717) is 24.7 Å². The highest BCUT2D eigenvalue weighted by Crippen LogP contribution is 2.18. The molecule has 0 bridgehead atoms. The van der Waals surface area contributed by atoms with Gasteiger partial charge in [0.2, 0.25) is 0 Å². The van der Waals surface area contributed by atoms with Crippen molar-refractivity contribution >= 4 is 5.91 Å². The number of aromatic hydroxyl groups is 1. The van der Waals surface area contributed by atoms with Gasteiger partial charge < -0.3 is 15.3 Å². The van der Waals surface area contributed by atoms with Gasteiger partial charge in [-0.1, -0.05) is 12.1 Å². The molecule has 0 aliphatic carbocycles. The molecule has 1 aromatic rings. The highest BCUT2D eigenvalue weighted by atomic mass is 16.3. The number of carbonyl (C=O) groups is 1. The zero-order chi connectivity index (χ0) is 11.5. The molecule has 0 unspecified atom stereocenters. The molecule has 4 nitrogen and oxygen atoms in total. The second-order valence-corrected chi connectivity index (χ2v) is 4.12. The minimum absolute atomic E-state index is 0.0543. The maximum Gasteiger partial charge on any atom is 0.257 e. The highest BCUT2D eigenvalue weighted by molar-refractivity contribution is 5.96. The van der Waals surface area contributed by atoms with Crippen LogP contribution in [0.1, 0.15) is 17.3 Å². The van der Waals surface area contributed by atoms with E-state index in [0.717, 1.165) is 6.54 Å². The predicted molar refractivity (Wildman–Crippen MR) is 61.5 cm³/mol. The van der Waals surface area contributed by atoms with Gasteiger partial charge in [-0.15, -0.1) is 0 Å². The molecule has 4 heteroatoms. The second-order valence-electron chi connectivity index (χ2n) is 4.12. The van der Waals surface area contributed by atoms with Gasteiger partial charge in [-0.25, -0.2) is 0 Å². The lowest BCUT2D eigenvalue weighted by Gasteiger charge is -2.32. The Morgan fingerprint density at radius 2 is 2.25 bits per heavy atom. The number of phenols is 1. The average Bonchev–Trinajstić information content (AvgIpc) is 2.29. The summed E-state index contributed by atoms with van der Waals surface area (Å²) in [5.74, 6) is -0.0369. The van der Waals surface area contributed by atoms with Gasteiger partial charge in [-0.05, 0) is 19.1 Å². The van der Waals surface area contributed by atoms with Gasteiger partial charge >= 0.3 is 0 Å². The first kappa shape index (κ1) is 11.0. The van der Waals surface area contributed by atoms with Crippen molar-refractivity contribution in [1.29, 1.82) is 0 Å². The lowest BCUT2D eigenvalue weighted by Crippen LogP contribution is -2.51. The quantitative estimate of drug-likeness (QED) is 0.737. The summed E-state index contributed by atoms with van der Waals surface area (Å²) in [5, 5.41) is 12.9. The lowest BCUT2D eigenvalue weighted by molar-refractivity contribution is 0.0706. The van der Waals surface area contributed by atoms with E-state index in [4.69, 9.17) is 0 Å². The Morgan fingerprint density at radius 3 is 2.94 bits per heavy atom. The number of rotatable bonds is 1. The third-order valence-electron chi connectivity index (χ3n) is 2.79. The van der Waals surface area contributed by atoms with E-state index in [2.05, 4.69) is 5.32 Å². The summed E-state index contributed by atoms with van der Waals surface area (Å²) in [6.45, 7) is 4.23. The minimum atomic E-state index is -0.0912. The summed E-state index contributed by atoms with van der Waals surface area (Å²) in [5.41, 5.74) is 0.386. The maximum absolute atomic E-state index is 12.1. The van der Waals surface area contributed by atoms with Crippen molar-refractivity contribution in [2.75, 3.05) is 19.6 Å². The van der Waals surface area contributed by atoms with Crippen LogP contribution in [-0.2, 0) is 0 Å². The molecule has 1 heterocycles. The maximum atomic E-state index is 12.1. The third kappa shape index (κ3) is 2.17. The largest absolute Gasteiger partial charge is 0.507 e. The van der Waals surface area contributed by atoms with Crippen molar-refractivity contribution in [2.24, 2.45) is 0 Å². The number of hydrogen-bond acceptors (Lipinski definition) is 3. The molecule has 0 radical (unpaired) electrons. The van der Waals surface area contributed by atoms with Crippen LogP contribution in [0.2, 0.25) is 0 Å². The molecule has 1 aliphatic rings. The molecule has 2 N–H and O–H groups in total. The van der Waals surface area contributed by atoms with Crippen molar-refractivity contribution in [3.05, 3.63) is 29.8 Å². The summed E-state index contributed by atoms with van der Waals surface area (Å²) in [6, 6.07) is 6.98. The lowest BCUT2D eigenvalue weighted by atomic mass is 10.1. The molecule has 1 aliphatic heterocycles. The monoisotopic (exact) mass is 220 g/mol. The van der Waals surface area contributed by atoms with Crippen LogP contribution in [0.3, 0.4) is 0 Å². The molecule has 1 aromatic carbocycles. The van der Waals surface area contributed by atoms with Crippen LogP contribution >= 0.6 is 0 Å². The van der Waals surface area contributed by atoms with Crippen LogP contribution in [0.4, 0.5) is 0 Å². The molecule has 1 saturated heterocycles. The van der Waals surface area contributed by atoms with Crippen LogP contribution in [0.5, 0.6) is 5.75 Å². The molecule has 1 atom stereocenters. The number of amides is 1. The Balaban J connectivity index is 2.16. The van der Waals surface area contributed by atoms with Crippen LogP contribution in [-0.4, -0.2) is 41.6 Å². The van der Waals surface area contributed by atoms with Crippen LogP contribution in [0.25, 0.3) is 0 Å². The van der Waals surface area contributed by atoms with Gasteiger partial charge in [0.25, 0.3) is 5.91 Å².